The van der Waals surface area contributed by atoms with E-state index in [2.05, 4.69) is 58.5 Å². The molecule has 0 aliphatic heterocycles. The molecule has 0 spiro atoms. The zero-order chi connectivity index (χ0) is 14.8. The lowest BCUT2D eigenvalue weighted by atomic mass is 9.75. The molecule has 3 heteroatoms. The van der Waals surface area contributed by atoms with E-state index in [1.54, 1.807) is 0 Å². The first-order chi connectivity index (χ1) is 10.2. The molecule has 2 aromatic rings. The van der Waals surface area contributed by atoms with E-state index in [1.807, 2.05) is 18.2 Å². The third-order valence-corrected chi connectivity index (χ3v) is 4.93. The molecular formula is C18H17BrN2. The molecule has 21 heavy (non-hydrogen) atoms. The van der Waals surface area contributed by atoms with Crippen molar-refractivity contribution in [1.82, 2.24) is 0 Å². The minimum Gasteiger partial charge on any atom is -0.382 e. The number of nitriles is 1. The Kier molecular flexibility index (Phi) is 3.98. The molecule has 0 heterocycles. The van der Waals surface area contributed by atoms with Crippen LogP contribution in [0, 0.1) is 18.3 Å². The molecule has 1 aliphatic rings. The van der Waals surface area contributed by atoms with Gasteiger partial charge in [0, 0.05) is 16.2 Å². The maximum absolute atomic E-state index is 9.00. The number of aryl methyl sites for hydroxylation is 1. The second kappa shape index (κ2) is 5.91. The van der Waals surface area contributed by atoms with Crippen molar-refractivity contribution in [2.45, 2.75) is 31.7 Å². The van der Waals surface area contributed by atoms with Gasteiger partial charge in [0.25, 0.3) is 0 Å². The van der Waals surface area contributed by atoms with Gasteiger partial charge in [0.15, 0.2) is 0 Å². The standard InChI is InChI=1S/C18H17BrN2/c1-12-6-7-13(11-20)8-18(12)21-15-9-14(10-15)16-4-2-3-5-17(16)19/h2-8,14-15,21H,9-10H2,1H3. The van der Waals surface area contributed by atoms with Crippen LogP contribution in [0.5, 0.6) is 0 Å². The van der Waals surface area contributed by atoms with Crippen molar-refractivity contribution in [3.63, 3.8) is 0 Å². The van der Waals surface area contributed by atoms with Crippen LogP contribution in [-0.2, 0) is 0 Å². The van der Waals surface area contributed by atoms with Gasteiger partial charge >= 0.3 is 0 Å². The maximum Gasteiger partial charge on any atom is 0.0992 e. The van der Waals surface area contributed by atoms with E-state index in [9.17, 15) is 0 Å². The Morgan fingerprint density at radius 1 is 1.19 bits per heavy atom. The van der Waals surface area contributed by atoms with E-state index < -0.39 is 0 Å². The SMILES string of the molecule is Cc1ccc(C#N)cc1NC1CC(c2ccccc2Br)C1. The maximum atomic E-state index is 9.00. The first-order valence-electron chi connectivity index (χ1n) is 7.19. The second-order valence-electron chi connectivity index (χ2n) is 5.67. The topological polar surface area (TPSA) is 35.8 Å². The second-order valence-corrected chi connectivity index (χ2v) is 6.53. The van der Waals surface area contributed by atoms with Gasteiger partial charge in [-0.15, -0.1) is 0 Å². The van der Waals surface area contributed by atoms with Crippen molar-refractivity contribution in [2.75, 3.05) is 5.32 Å². The van der Waals surface area contributed by atoms with Gasteiger partial charge < -0.3 is 5.32 Å². The summed E-state index contributed by atoms with van der Waals surface area (Å²) in [6, 6.07) is 17.0. The van der Waals surface area contributed by atoms with E-state index in [0.29, 0.717) is 17.5 Å². The summed E-state index contributed by atoms with van der Waals surface area (Å²) in [7, 11) is 0. The summed E-state index contributed by atoms with van der Waals surface area (Å²) < 4.78 is 1.20. The van der Waals surface area contributed by atoms with Gasteiger partial charge in [-0.3, -0.25) is 0 Å². The summed E-state index contributed by atoms with van der Waals surface area (Å²) in [5.41, 5.74) is 4.39. The number of benzene rings is 2. The molecule has 0 aromatic heterocycles. The fourth-order valence-corrected chi connectivity index (χ4v) is 3.47. The summed E-state index contributed by atoms with van der Waals surface area (Å²) in [6.07, 6.45) is 2.28. The molecule has 1 aliphatic carbocycles. The summed E-state index contributed by atoms with van der Waals surface area (Å²) in [5, 5.41) is 12.6. The smallest absolute Gasteiger partial charge is 0.0992 e. The van der Waals surface area contributed by atoms with Gasteiger partial charge in [0.05, 0.1) is 11.6 Å². The molecule has 1 fully saturated rings. The molecule has 2 nitrogen and oxygen atoms in total. The number of rotatable bonds is 3. The van der Waals surface area contributed by atoms with E-state index in [4.69, 9.17) is 5.26 Å². The summed E-state index contributed by atoms with van der Waals surface area (Å²) in [5.74, 6) is 0.623. The van der Waals surface area contributed by atoms with Crippen LogP contribution < -0.4 is 5.32 Å². The molecule has 0 atom stereocenters. The highest BCUT2D eigenvalue weighted by Crippen LogP contribution is 2.41. The highest BCUT2D eigenvalue weighted by molar-refractivity contribution is 9.10. The van der Waals surface area contributed by atoms with Crippen LogP contribution in [0.1, 0.15) is 35.4 Å². The lowest BCUT2D eigenvalue weighted by molar-refractivity contribution is 0.373. The zero-order valence-electron chi connectivity index (χ0n) is 11.9. The number of hydrogen-bond donors (Lipinski definition) is 1. The molecule has 3 rings (SSSR count). The van der Waals surface area contributed by atoms with Gasteiger partial charge in [-0.1, -0.05) is 40.2 Å². The van der Waals surface area contributed by atoms with E-state index in [0.717, 1.165) is 18.5 Å². The summed E-state index contributed by atoms with van der Waals surface area (Å²) >= 11 is 3.63. The van der Waals surface area contributed by atoms with E-state index >= 15 is 0 Å². The molecule has 0 unspecified atom stereocenters. The van der Waals surface area contributed by atoms with Gasteiger partial charge in [-0.25, -0.2) is 0 Å². The average Bonchev–Trinajstić information content (AvgIpc) is 2.45. The van der Waals surface area contributed by atoms with Crippen LogP contribution in [0.3, 0.4) is 0 Å². The lowest BCUT2D eigenvalue weighted by Crippen LogP contribution is -2.34. The van der Waals surface area contributed by atoms with Crippen molar-refractivity contribution in [3.8, 4) is 6.07 Å². The Bertz CT molecular complexity index is 697. The third kappa shape index (κ3) is 2.96. The van der Waals surface area contributed by atoms with Crippen LogP contribution >= 0.6 is 15.9 Å². The Hall–Kier alpha value is -1.79. The fraction of sp³-hybridized carbons (Fsp3) is 0.278. The van der Waals surface area contributed by atoms with Crippen LogP contribution in [0.2, 0.25) is 0 Å². The molecular weight excluding hydrogens is 324 g/mol. The van der Waals surface area contributed by atoms with Crippen molar-refractivity contribution in [2.24, 2.45) is 0 Å². The number of hydrogen-bond acceptors (Lipinski definition) is 2. The molecule has 106 valence electrons. The van der Waals surface area contributed by atoms with Gasteiger partial charge in [-0.2, -0.15) is 5.26 Å². The van der Waals surface area contributed by atoms with Crippen molar-refractivity contribution in [3.05, 3.63) is 63.6 Å². The first-order valence-corrected chi connectivity index (χ1v) is 7.98. The molecule has 0 bridgehead atoms. The van der Waals surface area contributed by atoms with Crippen LogP contribution in [0.4, 0.5) is 5.69 Å². The Balaban J connectivity index is 1.66. The predicted molar refractivity (Wildman–Crippen MR) is 89.4 cm³/mol. The summed E-state index contributed by atoms with van der Waals surface area (Å²) in [4.78, 5) is 0. The molecule has 2 aromatic carbocycles. The van der Waals surface area contributed by atoms with E-state index in [-0.39, 0.29) is 0 Å². The predicted octanol–water partition coefficient (Wildman–Crippen LogP) is 4.99. The zero-order valence-corrected chi connectivity index (χ0v) is 13.5. The van der Waals surface area contributed by atoms with Crippen molar-refractivity contribution in [1.29, 1.82) is 5.26 Å². The Morgan fingerprint density at radius 3 is 2.67 bits per heavy atom. The van der Waals surface area contributed by atoms with Crippen molar-refractivity contribution < 1.29 is 0 Å². The van der Waals surface area contributed by atoms with Crippen LogP contribution in [-0.4, -0.2) is 6.04 Å². The normalized spacial score (nSPS) is 20.4. The van der Waals surface area contributed by atoms with Crippen LogP contribution in [0.15, 0.2) is 46.9 Å². The molecule has 0 radical (unpaired) electrons. The minimum absolute atomic E-state index is 0.495. The summed E-state index contributed by atoms with van der Waals surface area (Å²) in [6.45, 7) is 2.08. The monoisotopic (exact) mass is 340 g/mol. The number of nitrogens with zero attached hydrogens (tertiary/aromatic N) is 1. The minimum atomic E-state index is 0.495. The molecule has 0 amide bonds. The molecule has 1 saturated carbocycles. The number of anilines is 1. The van der Waals surface area contributed by atoms with Gasteiger partial charge in [0.2, 0.25) is 0 Å². The molecule has 0 saturated heterocycles. The number of nitrogens with one attached hydrogen (secondary N) is 1. The van der Waals surface area contributed by atoms with Gasteiger partial charge in [-0.05, 0) is 55.0 Å². The van der Waals surface area contributed by atoms with Gasteiger partial charge in [0.1, 0.15) is 0 Å². The Labute approximate surface area is 133 Å². The average molecular weight is 341 g/mol. The first kappa shape index (κ1) is 14.2. The number of halogens is 1. The quantitative estimate of drug-likeness (QED) is 0.854. The molecule has 1 N–H and O–H groups in total. The lowest BCUT2D eigenvalue weighted by Gasteiger charge is -2.37. The largest absolute Gasteiger partial charge is 0.382 e. The Morgan fingerprint density at radius 2 is 1.95 bits per heavy atom. The van der Waals surface area contributed by atoms with Crippen molar-refractivity contribution >= 4 is 21.6 Å². The highest BCUT2D eigenvalue weighted by atomic mass is 79.9. The third-order valence-electron chi connectivity index (χ3n) is 4.21. The van der Waals surface area contributed by atoms with Crippen LogP contribution in [0.25, 0.3) is 0 Å². The van der Waals surface area contributed by atoms with E-state index in [1.165, 1.54) is 15.6 Å². The fourth-order valence-electron chi connectivity index (χ4n) is 2.86. The highest BCUT2D eigenvalue weighted by Gasteiger charge is 2.31.